The maximum absolute atomic E-state index is 12.9. The van der Waals surface area contributed by atoms with Crippen LogP contribution in [-0.2, 0) is 38.4 Å². The van der Waals surface area contributed by atoms with Gasteiger partial charge in [-0.15, -0.1) is 0 Å². The molecule has 0 radical (unpaired) electrons. The van der Waals surface area contributed by atoms with Gasteiger partial charge < -0.3 is 18.9 Å². The van der Waals surface area contributed by atoms with E-state index >= 15 is 0 Å². The molecule has 146 valence electrons. The van der Waals surface area contributed by atoms with Crippen LogP contribution in [-0.4, -0.2) is 46.4 Å². The lowest BCUT2D eigenvalue weighted by Crippen LogP contribution is -2.32. The highest BCUT2D eigenvalue weighted by atomic mass is 32.2. The fraction of sp³-hybridized carbons (Fsp3) is 0.333. The third kappa shape index (κ3) is 4.30. The fourth-order valence-corrected chi connectivity index (χ4v) is 4.01. The number of cyclic esters (lactones) is 1. The standard InChI is InChI=1S/C18H20O8S/c1-4-25-17(19)14(27(21,22)12-8-6-5-7-9-12)11-10-13-15(23-2)16(24-3)18(20)26-13/h5-10,14H,4,11H2,1-3H3/t14-/m1/s1. The molecule has 0 fully saturated rings. The number of hydrogen-bond donors (Lipinski definition) is 0. The molecule has 1 aromatic carbocycles. The number of benzene rings is 1. The Labute approximate surface area is 157 Å². The molecule has 0 aromatic heterocycles. The maximum atomic E-state index is 12.9. The first-order chi connectivity index (χ1) is 12.9. The van der Waals surface area contributed by atoms with Crippen molar-refractivity contribution in [2.45, 2.75) is 23.5 Å². The first kappa shape index (κ1) is 20.5. The van der Waals surface area contributed by atoms with Gasteiger partial charge >= 0.3 is 11.9 Å². The molecule has 9 heteroatoms. The van der Waals surface area contributed by atoms with Crippen LogP contribution in [0.15, 0.2) is 58.6 Å². The number of esters is 2. The van der Waals surface area contributed by atoms with E-state index in [0.29, 0.717) is 0 Å². The third-order valence-electron chi connectivity index (χ3n) is 3.74. The Morgan fingerprint density at radius 2 is 1.78 bits per heavy atom. The van der Waals surface area contributed by atoms with Gasteiger partial charge in [-0.1, -0.05) is 18.2 Å². The highest BCUT2D eigenvalue weighted by Gasteiger charge is 2.37. The molecule has 1 aliphatic rings. The minimum Gasteiger partial charge on any atom is -0.490 e. The fourth-order valence-electron chi connectivity index (χ4n) is 2.47. The molecule has 1 aromatic rings. The molecule has 8 nitrogen and oxygen atoms in total. The first-order valence-corrected chi connectivity index (χ1v) is 9.62. The molecule has 1 heterocycles. The SMILES string of the molecule is CCOC(=O)[C@@H](CC=C1OC(=O)C(OC)=C1OC)S(=O)(=O)c1ccccc1. The molecule has 0 unspecified atom stereocenters. The Kier molecular flexibility index (Phi) is 6.62. The van der Waals surface area contributed by atoms with Gasteiger partial charge in [0, 0.05) is 0 Å². The molecule has 0 bridgehead atoms. The van der Waals surface area contributed by atoms with Crippen molar-refractivity contribution in [2.75, 3.05) is 20.8 Å². The molecule has 2 rings (SSSR count). The number of rotatable bonds is 8. The zero-order valence-corrected chi connectivity index (χ0v) is 15.9. The van der Waals surface area contributed by atoms with Gasteiger partial charge in [-0.05, 0) is 31.6 Å². The Morgan fingerprint density at radius 1 is 1.15 bits per heavy atom. The molecule has 0 saturated carbocycles. The van der Waals surface area contributed by atoms with Crippen LogP contribution in [0.5, 0.6) is 0 Å². The van der Waals surface area contributed by atoms with Crippen molar-refractivity contribution in [3.05, 3.63) is 53.7 Å². The Morgan fingerprint density at radius 3 is 2.33 bits per heavy atom. The summed E-state index contributed by atoms with van der Waals surface area (Å²) in [5.41, 5.74) is 0. The van der Waals surface area contributed by atoms with Gasteiger partial charge in [-0.25, -0.2) is 13.2 Å². The number of ether oxygens (including phenoxy) is 4. The highest BCUT2D eigenvalue weighted by molar-refractivity contribution is 7.92. The van der Waals surface area contributed by atoms with Crippen molar-refractivity contribution < 1.29 is 37.0 Å². The average Bonchev–Trinajstić information content (AvgIpc) is 2.97. The van der Waals surface area contributed by atoms with Crippen molar-refractivity contribution >= 4 is 21.8 Å². The minimum absolute atomic E-state index is 0.00930. The summed E-state index contributed by atoms with van der Waals surface area (Å²) in [7, 11) is -1.43. The smallest absolute Gasteiger partial charge is 0.383 e. The lowest BCUT2D eigenvalue weighted by molar-refractivity contribution is -0.142. The largest absolute Gasteiger partial charge is 0.490 e. The van der Waals surface area contributed by atoms with Gasteiger partial charge in [-0.3, -0.25) is 4.79 Å². The van der Waals surface area contributed by atoms with Gasteiger partial charge in [0.05, 0.1) is 25.7 Å². The van der Waals surface area contributed by atoms with Crippen LogP contribution in [0.25, 0.3) is 0 Å². The van der Waals surface area contributed by atoms with Crippen molar-refractivity contribution in [3.63, 3.8) is 0 Å². The second-order valence-electron chi connectivity index (χ2n) is 5.36. The van der Waals surface area contributed by atoms with Crippen molar-refractivity contribution in [2.24, 2.45) is 0 Å². The summed E-state index contributed by atoms with van der Waals surface area (Å²) in [5.74, 6) is -1.78. The maximum Gasteiger partial charge on any atom is 0.383 e. The van der Waals surface area contributed by atoms with E-state index in [0.717, 1.165) is 0 Å². The summed E-state index contributed by atoms with van der Waals surface area (Å²) in [5, 5.41) is -1.50. The summed E-state index contributed by atoms with van der Waals surface area (Å²) in [6.07, 6.45) is 1.02. The Balaban J connectivity index is 2.39. The van der Waals surface area contributed by atoms with Crippen molar-refractivity contribution in [1.82, 2.24) is 0 Å². The summed E-state index contributed by atoms with van der Waals surface area (Å²) >= 11 is 0. The third-order valence-corrected chi connectivity index (χ3v) is 5.80. The van der Waals surface area contributed by atoms with E-state index in [-0.39, 0.29) is 35.2 Å². The predicted octanol–water partition coefficient (Wildman–Crippen LogP) is 1.73. The van der Waals surface area contributed by atoms with E-state index < -0.39 is 27.0 Å². The number of carbonyl (C=O) groups is 2. The van der Waals surface area contributed by atoms with E-state index in [1.807, 2.05) is 0 Å². The molecular formula is C18H20O8S. The van der Waals surface area contributed by atoms with Gasteiger partial charge in [0.2, 0.25) is 5.76 Å². The molecule has 0 spiro atoms. The van der Waals surface area contributed by atoms with Gasteiger partial charge in [0.1, 0.15) is 0 Å². The molecule has 1 atom stereocenters. The van der Waals surface area contributed by atoms with Crippen LogP contribution < -0.4 is 0 Å². The van der Waals surface area contributed by atoms with E-state index in [1.54, 1.807) is 25.1 Å². The molecule has 0 amide bonds. The Hall–Kier alpha value is -2.81. The number of carbonyl (C=O) groups excluding carboxylic acids is 2. The number of methoxy groups -OCH3 is 2. The van der Waals surface area contributed by atoms with E-state index in [9.17, 15) is 18.0 Å². The van der Waals surface area contributed by atoms with Crippen LogP contribution in [0.2, 0.25) is 0 Å². The van der Waals surface area contributed by atoms with Crippen LogP contribution in [0, 0.1) is 0 Å². The monoisotopic (exact) mass is 396 g/mol. The second kappa shape index (κ2) is 8.72. The van der Waals surface area contributed by atoms with E-state index in [4.69, 9.17) is 18.9 Å². The highest BCUT2D eigenvalue weighted by Crippen LogP contribution is 2.29. The number of allylic oxidation sites excluding steroid dienone is 1. The van der Waals surface area contributed by atoms with Crippen LogP contribution in [0.1, 0.15) is 13.3 Å². The molecule has 0 saturated heterocycles. The molecule has 27 heavy (non-hydrogen) atoms. The summed E-state index contributed by atoms with van der Waals surface area (Å²) in [6, 6.07) is 7.58. The second-order valence-corrected chi connectivity index (χ2v) is 7.49. The first-order valence-electron chi connectivity index (χ1n) is 8.07. The van der Waals surface area contributed by atoms with Gasteiger partial charge in [0.15, 0.2) is 20.8 Å². The molecular weight excluding hydrogens is 376 g/mol. The zero-order valence-electron chi connectivity index (χ0n) is 15.1. The topological polar surface area (TPSA) is 105 Å². The minimum atomic E-state index is -4.02. The Bertz CT molecular complexity index is 868. The zero-order chi connectivity index (χ0) is 20.0. The van der Waals surface area contributed by atoms with E-state index in [1.165, 1.54) is 32.4 Å². The van der Waals surface area contributed by atoms with Gasteiger partial charge in [0.25, 0.3) is 5.76 Å². The van der Waals surface area contributed by atoms with Crippen molar-refractivity contribution in [1.29, 1.82) is 0 Å². The number of hydrogen-bond acceptors (Lipinski definition) is 8. The lowest BCUT2D eigenvalue weighted by Gasteiger charge is -2.15. The number of sulfone groups is 1. The van der Waals surface area contributed by atoms with Crippen LogP contribution in [0.4, 0.5) is 0 Å². The normalized spacial score (nSPS) is 16.9. The van der Waals surface area contributed by atoms with Crippen LogP contribution >= 0.6 is 0 Å². The summed E-state index contributed by atoms with van der Waals surface area (Å²) in [6.45, 7) is 1.61. The molecule has 0 aliphatic carbocycles. The van der Waals surface area contributed by atoms with Gasteiger partial charge in [-0.2, -0.15) is 0 Å². The average molecular weight is 396 g/mol. The quantitative estimate of drug-likeness (QED) is 0.612. The summed E-state index contributed by atoms with van der Waals surface area (Å²) in [4.78, 5) is 24.0. The summed E-state index contributed by atoms with van der Waals surface area (Å²) < 4.78 is 45.7. The van der Waals surface area contributed by atoms with Crippen molar-refractivity contribution in [3.8, 4) is 0 Å². The lowest BCUT2D eigenvalue weighted by atomic mass is 10.2. The van der Waals surface area contributed by atoms with Crippen LogP contribution in [0.3, 0.4) is 0 Å². The molecule has 1 aliphatic heterocycles. The molecule has 0 N–H and O–H groups in total. The van der Waals surface area contributed by atoms with E-state index in [2.05, 4.69) is 0 Å². The predicted molar refractivity (Wildman–Crippen MR) is 93.9 cm³/mol.